The van der Waals surface area contributed by atoms with Crippen LogP contribution in [0.2, 0.25) is 5.02 Å². The summed E-state index contributed by atoms with van der Waals surface area (Å²) in [5.41, 5.74) is 7.25. The van der Waals surface area contributed by atoms with E-state index in [2.05, 4.69) is 5.32 Å². The van der Waals surface area contributed by atoms with E-state index < -0.39 is 0 Å². The number of thiazole rings is 1. The van der Waals surface area contributed by atoms with Gasteiger partial charge in [-0.05, 0) is 48.5 Å². The van der Waals surface area contributed by atoms with Crippen molar-refractivity contribution in [3.8, 4) is 38.8 Å². The largest absolute Gasteiger partial charge is 0.330 e. The molecule has 7 rings (SSSR count). The van der Waals surface area contributed by atoms with Gasteiger partial charge in [-0.1, -0.05) is 114 Å². The van der Waals surface area contributed by atoms with Crippen molar-refractivity contribution in [3.05, 3.63) is 168 Å². The molecule has 7 aromatic rings. The number of hydrogen-bond donors (Lipinski definition) is 1. The van der Waals surface area contributed by atoms with Crippen LogP contribution in [0.4, 0.5) is 9.39 Å². The summed E-state index contributed by atoms with van der Waals surface area (Å²) < 4.78 is 15.6. The molecule has 0 fully saturated rings. The number of hydrogen-bond acceptors (Lipinski definition) is 4. The monoisotopic (exact) mass is 639 g/mol. The lowest BCUT2D eigenvalue weighted by molar-refractivity contribution is 0.628. The van der Waals surface area contributed by atoms with Gasteiger partial charge in [0.25, 0.3) is 0 Å². The van der Waals surface area contributed by atoms with Crippen molar-refractivity contribution >= 4 is 33.8 Å². The Morgan fingerprint density at radius 1 is 0.717 bits per heavy atom. The molecule has 1 N–H and O–H groups in total. The van der Waals surface area contributed by atoms with Gasteiger partial charge in [-0.2, -0.15) is 5.10 Å². The van der Waals surface area contributed by atoms with E-state index in [9.17, 15) is 4.39 Å². The van der Waals surface area contributed by atoms with Crippen LogP contribution in [0, 0.1) is 5.82 Å². The summed E-state index contributed by atoms with van der Waals surface area (Å²) in [4.78, 5) is 10.2. The van der Waals surface area contributed by atoms with Crippen molar-refractivity contribution < 1.29 is 4.39 Å². The predicted molar refractivity (Wildman–Crippen MR) is 187 cm³/mol. The molecular weight excluding hydrogens is 613 g/mol. The number of rotatable bonds is 8. The Hall–Kier alpha value is -5.37. The van der Waals surface area contributed by atoms with E-state index in [0.717, 1.165) is 54.9 Å². The molecule has 0 spiro atoms. The number of nitrogens with one attached hydrogen (secondary N) is 1. The zero-order valence-corrected chi connectivity index (χ0v) is 26.1. The first-order valence-electron chi connectivity index (χ1n) is 14.7. The molecule has 5 nitrogen and oxygen atoms in total. The molecule has 0 aliphatic rings. The van der Waals surface area contributed by atoms with Gasteiger partial charge in [0.1, 0.15) is 27.4 Å². The van der Waals surface area contributed by atoms with Gasteiger partial charge in [0.2, 0.25) is 0 Å². The highest BCUT2D eigenvalue weighted by atomic mass is 35.5. The Kier molecular flexibility index (Phi) is 8.50. The second-order valence-corrected chi connectivity index (χ2v) is 12.0. The van der Waals surface area contributed by atoms with Crippen LogP contribution in [0.5, 0.6) is 0 Å². The lowest BCUT2D eigenvalue weighted by atomic mass is 10.1. The summed E-state index contributed by atoms with van der Waals surface area (Å²) in [7, 11) is 0. The zero-order valence-electron chi connectivity index (χ0n) is 24.5. The minimum atomic E-state index is -0.283. The van der Waals surface area contributed by atoms with Crippen molar-refractivity contribution in [2.45, 2.75) is 6.54 Å². The Bertz CT molecular complexity index is 2090. The van der Waals surface area contributed by atoms with E-state index >= 15 is 0 Å². The van der Waals surface area contributed by atoms with E-state index in [1.807, 2.05) is 126 Å². The third-order valence-corrected chi connectivity index (χ3v) is 8.65. The summed E-state index contributed by atoms with van der Waals surface area (Å²) in [5.74, 6) is 0.413. The zero-order chi connectivity index (χ0) is 31.3. The normalized spacial score (nSPS) is 11.5. The van der Waals surface area contributed by atoms with Gasteiger partial charge >= 0.3 is 0 Å². The van der Waals surface area contributed by atoms with Gasteiger partial charge in [-0.3, -0.25) is 4.99 Å². The number of benzene rings is 5. The predicted octanol–water partition coefficient (Wildman–Crippen LogP) is 10.2. The van der Waals surface area contributed by atoms with Gasteiger partial charge in [-0.25, -0.2) is 14.1 Å². The van der Waals surface area contributed by atoms with Crippen molar-refractivity contribution in [2.75, 3.05) is 5.32 Å². The molecule has 0 saturated carbocycles. The first-order chi connectivity index (χ1) is 22.6. The fraction of sp³-hybridized carbons (Fsp3) is 0.0263. The minimum absolute atomic E-state index is 0.283. The number of halogens is 2. The molecular formula is C38H27ClFN5S. The van der Waals surface area contributed by atoms with Crippen molar-refractivity contribution in [2.24, 2.45) is 4.99 Å². The number of aromatic nitrogens is 3. The second kappa shape index (κ2) is 13.3. The standard InChI is InChI=1S/C38H27ClFN5S/c39-31-20-16-27(17-21-31)34-30(25-45(44-34)33-14-8-3-9-15-33)24-41-36(28-12-6-2-7-13-28)43-38-35(26-10-4-1-5-11-26)42-37(46-38)29-18-22-32(40)23-19-29/h1-23,25H,24H2,(H,41,43). The third kappa shape index (κ3) is 6.52. The summed E-state index contributed by atoms with van der Waals surface area (Å²) >= 11 is 7.72. The fourth-order valence-electron chi connectivity index (χ4n) is 5.07. The maximum atomic E-state index is 13.7. The Balaban J connectivity index is 1.30. The van der Waals surface area contributed by atoms with E-state index in [1.165, 1.54) is 23.5 Å². The molecule has 0 radical (unpaired) electrons. The van der Waals surface area contributed by atoms with E-state index in [4.69, 9.17) is 26.7 Å². The average molecular weight is 640 g/mol. The van der Waals surface area contributed by atoms with E-state index in [1.54, 1.807) is 12.1 Å². The molecule has 2 heterocycles. The van der Waals surface area contributed by atoms with Crippen molar-refractivity contribution in [1.82, 2.24) is 14.8 Å². The Morgan fingerprint density at radius 2 is 1.33 bits per heavy atom. The van der Waals surface area contributed by atoms with Gasteiger partial charge in [0, 0.05) is 39.0 Å². The SMILES string of the molecule is Fc1ccc(-c2nc(-c3ccccc3)c(NC(=NCc3cn(-c4ccccc4)nc3-c3ccc(Cl)cc3)c3ccccc3)s2)cc1. The van der Waals surface area contributed by atoms with Crippen LogP contribution in [0.25, 0.3) is 38.8 Å². The van der Waals surface area contributed by atoms with Crippen molar-refractivity contribution in [3.63, 3.8) is 0 Å². The molecule has 0 aliphatic carbocycles. The maximum Gasteiger partial charge on any atom is 0.133 e. The van der Waals surface area contributed by atoms with Gasteiger partial charge in [0.05, 0.1) is 17.9 Å². The minimum Gasteiger partial charge on any atom is -0.330 e. The van der Waals surface area contributed by atoms with Crippen LogP contribution >= 0.6 is 22.9 Å². The number of nitrogens with zero attached hydrogens (tertiary/aromatic N) is 4. The number of amidine groups is 1. The molecule has 46 heavy (non-hydrogen) atoms. The molecule has 2 aromatic heterocycles. The highest BCUT2D eigenvalue weighted by Crippen LogP contribution is 2.38. The topological polar surface area (TPSA) is 55.1 Å². The third-order valence-electron chi connectivity index (χ3n) is 7.38. The molecule has 0 saturated heterocycles. The molecule has 5 aromatic carbocycles. The lowest BCUT2D eigenvalue weighted by Crippen LogP contribution is -2.14. The van der Waals surface area contributed by atoms with Crippen LogP contribution < -0.4 is 5.32 Å². The van der Waals surface area contributed by atoms with Crippen molar-refractivity contribution in [1.29, 1.82) is 0 Å². The summed E-state index contributed by atoms with van der Waals surface area (Å²) in [6.07, 6.45) is 2.03. The van der Waals surface area contributed by atoms with E-state index in [0.29, 0.717) is 17.4 Å². The fourth-order valence-corrected chi connectivity index (χ4v) is 6.19. The summed E-state index contributed by atoms with van der Waals surface area (Å²) in [6, 6.07) is 44.2. The highest BCUT2D eigenvalue weighted by Gasteiger charge is 2.18. The molecule has 0 amide bonds. The summed E-state index contributed by atoms with van der Waals surface area (Å²) in [5, 5.41) is 10.9. The Labute approximate surface area is 275 Å². The van der Waals surface area contributed by atoms with Crippen LogP contribution in [0.15, 0.2) is 151 Å². The highest BCUT2D eigenvalue weighted by molar-refractivity contribution is 7.19. The van der Waals surface area contributed by atoms with Crippen LogP contribution in [-0.2, 0) is 6.54 Å². The average Bonchev–Trinajstić information content (AvgIpc) is 3.73. The Morgan fingerprint density at radius 3 is 2.02 bits per heavy atom. The van der Waals surface area contributed by atoms with Crippen LogP contribution in [0.1, 0.15) is 11.1 Å². The molecule has 0 aliphatic heterocycles. The smallest absolute Gasteiger partial charge is 0.133 e. The molecule has 0 atom stereocenters. The van der Waals surface area contributed by atoms with Gasteiger partial charge in [-0.15, -0.1) is 0 Å². The molecule has 0 bridgehead atoms. The van der Waals surface area contributed by atoms with E-state index in [-0.39, 0.29) is 5.82 Å². The lowest BCUT2D eigenvalue weighted by Gasteiger charge is -2.11. The van der Waals surface area contributed by atoms with Gasteiger partial charge < -0.3 is 5.32 Å². The molecule has 8 heteroatoms. The molecule has 224 valence electrons. The first kappa shape index (κ1) is 29.3. The van der Waals surface area contributed by atoms with Crippen LogP contribution in [0.3, 0.4) is 0 Å². The van der Waals surface area contributed by atoms with Gasteiger partial charge in [0.15, 0.2) is 0 Å². The first-order valence-corrected chi connectivity index (χ1v) is 15.9. The number of aliphatic imine (C=N–C) groups is 1. The quantitative estimate of drug-likeness (QED) is 0.133. The second-order valence-electron chi connectivity index (χ2n) is 10.5. The molecule has 0 unspecified atom stereocenters. The van der Waals surface area contributed by atoms with Crippen LogP contribution in [-0.4, -0.2) is 20.6 Å². The maximum absolute atomic E-state index is 13.7. The summed E-state index contributed by atoms with van der Waals surface area (Å²) in [6.45, 7) is 0.367. The number of para-hydroxylation sites is 1. The number of anilines is 1.